The second kappa shape index (κ2) is 7.42. The number of nitrogens with one attached hydrogen (secondary N) is 2. The molecule has 0 aliphatic carbocycles. The molecule has 0 aliphatic rings. The second-order valence-corrected chi connectivity index (χ2v) is 7.34. The fourth-order valence-corrected chi connectivity index (χ4v) is 3.57. The summed E-state index contributed by atoms with van der Waals surface area (Å²) in [6.07, 6.45) is 2.97. The van der Waals surface area contributed by atoms with Crippen LogP contribution in [0.1, 0.15) is 6.92 Å². The highest BCUT2D eigenvalue weighted by molar-refractivity contribution is 7.92. The van der Waals surface area contributed by atoms with Crippen LogP contribution >= 0.6 is 0 Å². The van der Waals surface area contributed by atoms with E-state index in [1.807, 2.05) is 0 Å². The zero-order chi connectivity index (χ0) is 19.4. The minimum Gasteiger partial charge on any atom is -0.383 e. The van der Waals surface area contributed by atoms with Crippen molar-refractivity contribution in [2.24, 2.45) is 0 Å². The number of carbonyl (C=O) groups is 1. The fraction of sp³-hybridized carbons (Fsp3) is 0.0556. The summed E-state index contributed by atoms with van der Waals surface area (Å²) in [5, 5.41) is 2.58. The molecule has 9 heteroatoms. The van der Waals surface area contributed by atoms with Gasteiger partial charge in [-0.05, 0) is 35.9 Å². The number of nitrogens with zero attached hydrogens (tertiary/aromatic N) is 2. The normalized spacial score (nSPS) is 11.0. The topological polar surface area (TPSA) is 127 Å². The molecule has 3 aromatic rings. The number of hydrogen-bond acceptors (Lipinski definition) is 6. The fourth-order valence-electron chi connectivity index (χ4n) is 2.40. The van der Waals surface area contributed by atoms with E-state index in [1.54, 1.807) is 42.5 Å². The molecule has 138 valence electrons. The summed E-state index contributed by atoms with van der Waals surface area (Å²) in [6.45, 7) is 1.37. The first-order valence-corrected chi connectivity index (χ1v) is 9.41. The molecule has 1 aromatic carbocycles. The Balaban J connectivity index is 1.98. The van der Waals surface area contributed by atoms with Crippen LogP contribution in [-0.4, -0.2) is 24.3 Å². The van der Waals surface area contributed by atoms with Gasteiger partial charge >= 0.3 is 0 Å². The van der Waals surface area contributed by atoms with Gasteiger partial charge in [-0.1, -0.05) is 18.2 Å². The quantitative estimate of drug-likeness (QED) is 0.621. The highest BCUT2D eigenvalue weighted by Gasteiger charge is 2.20. The molecule has 0 fully saturated rings. The number of hydrogen-bond donors (Lipinski definition) is 3. The van der Waals surface area contributed by atoms with Crippen molar-refractivity contribution in [1.82, 2.24) is 9.97 Å². The predicted octanol–water partition coefficient (Wildman–Crippen LogP) is 2.49. The Morgan fingerprint density at radius 2 is 1.78 bits per heavy atom. The van der Waals surface area contributed by atoms with Crippen LogP contribution in [0.3, 0.4) is 0 Å². The number of amides is 1. The van der Waals surface area contributed by atoms with Crippen LogP contribution in [0, 0.1) is 0 Å². The van der Waals surface area contributed by atoms with Crippen molar-refractivity contribution in [1.29, 1.82) is 0 Å². The van der Waals surface area contributed by atoms with E-state index in [9.17, 15) is 13.2 Å². The largest absolute Gasteiger partial charge is 0.383 e. The van der Waals surface area contributed by atoms with Crippen LogP contribution in [0.25, 0.3) is 11.1 Å². The van der Waals surface area contributed by atoms with Crippen LogP contribution in [-0.2, 0) is 14.8 Å². The number of aromatic nitrogens is 2. The number of carbonyl (C=O) groups excluding carboxylic acids is 1. The first-order valence-electron chi connectivity index (χ1n) is 7.92. The number of para-hydroxylation sites is 1. The molecule has 3 rings (SSSR count). The minimum atomic E-state index is -3.93. The number of sulfonamides is 1. The van der Waals surface area contributed by atoms with Gasteiger partial charge in [0.2, 0.25) is 5.91 Å². The molecule has 1 amide bonds. The number of nitrogen functional groups attached to an aromatic ring is 1. The van der Waals surface area contributed by atoms with Gasteiger partial charge in [0.05, 0.1) is 0 Å². The second-order valence-electron chi connectivity index (χ2n) is 5.69. The van der Waals surface area contributed by atoms with Crippen molar-refractivity contribution in [3.05, 3.63) is 60.9 Å². The van der Waals surface area contributed by atoms with Crippen LogP contribution in [0.5, 0.6) is 0 Å². The Kier molecular flexibility index (Phi) is 5.04. The molecule has 2 aromatic heterocycles. The minimum absolute atomic E-state index is 0.113. The summed E-state index contributed by atoms with van der Waals surface area (Å²) in [6, 6.07) is 13.2. The van der Waals surface area contributed by atoms with E-state index in [-0.39, 0.29) is 16.6 Å². The maximum absolute atomic E-state index is 12.7. The molecule has 0 saturated heterocycles. The zero-order valence-electron chi connectivity index (χ0n) is 14.4. The van der Waals surface area contributed by atoms with Crippen LogP contribution in [0.4, 0.5) is 17.3 Å². The lowest BCUT2D eigenvalue weighted by molar-refractivity contribution is -0.114. The molecule has 27 heavy (non-hydrogen) atoms. The third-order valence-corrected chi connectivity index (χ3v) is 5.01. The van der Waals surface area contributed by atoms with E-state index in [0.29, 0.717) is 22.6 Å². The molecule has 0 atom stereocenters. The molecule has 2 heterocycles. The Labute approximate surface area is 156 Å². The van der Waals surface area contributed by atoms with Crippen LogP contribution < -0.4 is 15.8 Å². The third kappa shape index (κ3) is 4.39. The smallest absolute Gasteiger partial charge is 0.265 e. The van der Waals surface area contributed by atoms with Gasteiger partial charge in [-0.3, -0.25) is 9.52 Å². The van der Waals surface area contributed by atoms with E-state index >= 15 is 0 Å². The van der Waals surface area contributed by atoms with Crippen molar-refractivity contribution < 1.29 is 13.2 Å². The predicted molar refractivity (Wildman–Crippen MR) is 103 cm³/mol. The van der Waals surface area contributed by atoms with Crippen molar-refractivity contribution in [3.8, 4) is 11.1 Å². The molecule has 4 N–H and O–H groups in total. The lowest BCUT2D eigenvalue weighted by Gasteiger charge is -2.11. The Bertz CT molecular complexity index is 1090. The van der Waals surface area contributed by atoms with E-state index in [0.717, 1.165) is 0 Å². The van der Waals surface area contributed by atoms with Gasteiger partial charge in [0.1, 0.15) is 16.5 Å². The van der Waals surface area contributed by atoms with Crippen LogP contribution in [0.2, 0.25) is 0 Å². The standard InChI is InChI=1S/C18H17N5O3S/c1-12(24)22-17-10-13(7-8-20-17)14-9-16(18(19)21-11-14)27(25,26)23-15-5-3-2-4-6-15/h2-11,23H,1H3,(H2,19,21)(H,20,22,24). The third-order valence-electron chi connectivity index (χ3n) is 3.59. The van der Waals surface area contributed by atoms with Crippen molar-refractivity contribution >= 4 is 33.3 Å². The number of rotatable bonds is 5. The number of benzene rings is 1. The average Bonchev–Trinajstić information content (AvgIpc) is 2.62. The van der Waals surface area contributed by atoms with E-state index in [2.05, 4.69) is 20.0 Å². The van der Waals surface area contributed by atoms with Crippen molar-refractivity contribution in [2.45, 2.75) is 11.8 Å². The van der Waals surface area contributed by atoms with Crippen LogP contribution in [0.15, 0.2) is 65.8 Å². The molecule has 8 nitrogen and oxygen atoms in total. The number of nitrogens with two attached hydrogens (primary N) is 1. The Morgan fingerprint density at radius 1 is 1.04 bits per heavy atom. The number of pyridine rings is 2. The molecule has 0 radical (unpaired) electrons. The molecular weight excluding hydrogens is 366 g/mol. The van der Waals surface area contributed by atoms with Gasteiger partial charge in [0.15, 0.2) is 0 Å². The van der Waals surface area contributed by atoms with Gasteiger partial charge in [-0.25, -0.2) is 18.4 Å². The summed E-state index contributed by atoms with van der Waals surface area (Å²) in [5.74, 6) is -0.0210. The Hall–Kier alpha value is -3.46. The number of anilines is 3. The molecule has 0 bridgehead atoms. The maximum atomic E-state index is 12.7. The molecule has 0 saturated carbocycles. The maximum Gasteiger partial charge on any atom is 0.265 e. The van der Waals surface area contributed by atoms with Gasteiger partial charge < -0.3 is 11.1 Å². The van der Waals surface area contributed by atoms with Gasteiger partial charge in [0.25, 0.3) is 10.0 Å². The zero-order valence-corrected chi connectivity index (χ0v) is 15.2. The molecule has 0 spiro atoms. The molecular formula is C18H17N5O3S. The van der Waals surface area contributed by atoms with Gasteiger partial charge in [0, 0.05) is 30.6 Å². The first kappa shape index (κ1) is 18.3. The average molecular weight is 383 g/mol. The van der Waals surface area contributed by atoms with Crippen molar-refractivity contribution in [3.63, 3.8) is 0 Å². The summed E-state index contributed by atoms with van der Waals surface area (Å²) in [4.78, 5) is 19.1. The van der Waals surface area contributed by atoms with Crippen molar-refractivity contribution in [2.75, 3.05) is 15.8 Å². The lowest BCUT2D eigenvalue weighted by Crippen LogP contribution is -2.15. The molecule has 0 unspecified atom stereocenters. The summed E-state index contributed by atoms with van der Waals surface area (Å²) in [5.41, 5.74) is 7.38. The van der Waals surface area contributed by atoms with E-state index < -0.39 is 10.0 Å². The van der Waals surface area contributed by atoms with E-state index in [1.165, 1.54) is 25.4 Å². The Morgan fingerprint density at radius 3 is 2.48 bits per heavy atom. The monoisotopic (exact) mass is 383 g/mol. The summed E-state index contributed by atoms with van der Waals surface area (Å²) in [7, 11) is -3.93. The van der Waals surface area contributed by atoms with Gasteiger partial charge in [-0.15, -0.1) is 0 Å². The lowest BCUT2D eigenvalue weighted by atomic mass is 10.1. The molecule has 0 aliphatic heterocycles. The summed E-state index contributed by atoms with van der Waals surface area (Å²) >= 11 is 0. The first-order chi connectivity index (χ1) is 12.8. The summed E-state index contributed by atoms with van der Waals surface area (Å²) < 4.78 is 27.9. The highest BCUT2D eigenvalue weighted by atomic mass is 32.2. The van der Waals surface area contributed by atoms with E-state index in [4.69, 9.17) is 5.73 Å². The van der Waals surface area contributed by atoms with Gasteiger partial charge in [-0.2, -0.15) is 0 Å². The SMILES string of the molecule is CC(=O)Nc1cc(-c2cnc(N)c(S(=O)(=O)Nc3ccccc3)c2)ccn1. The highest BCUT2D eigenvalue weighted by Crippen LogP contribution is 2.27.